The molecule has 0 bridgehead atoms. The summed E-state index contributed by atoms with van der Waals surface area (Å²) in [6.07, 6.45) is 3.26. The van der Waals surface area contributed by atoms with E-state index in [1.165, 1.54) is 6.42 Å². The fourth-order valence-electron chi connectivity index (χ4n) is 3.35. The summed E-state index contributed by atoms with van der Waals surface area (Å²) in [7, 11) is 1.79. The normalized spacial score (nSPS) is 21.1. The highest BCUT2D eigenvalue weighted by Gasteiger charge is 2.35. The minimum Gasteiger partial charge on any atom is -0.377 e. The Labute approximate surface area is 180 Å². The maximum absolute atomic E-state index is 6.05. The van der Waals surface area contributed by atoms with E-state index in [0.29, 0.717) is 24.8 Å². The topological polar surface area (TPSA) is 84.6 Å². The number of halogens is 1. The van der Waals surface area contributed by atoms with Gasteiger partial charge in [-0.3, -0.25) is 4.99 Å². The summed E-state index contributed by atoms with van der Waals surface area (Å²) in [6, 6.07) is 0. The van der Waals surface area contributed by atoms with Gasteiger partial charge in [0.1, 0.15) is 0 Å². The van der Waals surface area contributed by atoms with Crippen LogP contribution in [0.1, 0.15) is 65.1 Å². The molecule has 1 aromatic rings. The molecular formula is C19H36IN5O2. The first-order valence-corrected chi connectivity index (χ1v) is 9.70. The lowest BCUT2D eigenvalue weighted by atomic mass is 9.78. The fourth-order valence-corrected chi connectivity index (χ4v) is 3.35. The van der Waals surface area contributed by atoms with E-state index < -0.39 is 0 Å². The number of guanidine groups is 1. The van der Waals surface area contributed by atoms with Crippen molar-refractivity contribution in [2.24, 2.45) is 16.3 Å². The quantitative estimate of drug-likeness (QED) is 0.359. The lowest BCUT2D eigenvalue weighted by Crippen LogP contribution is -2.47. The Morgan fingerprint density at radius 2 is 2.04 bits per heavy atom. The average Bonchev–Trinajstić information content (AvgIpc) is 3.06. The maximum atomic E-state index is 6.05. The third-order valence-electron chi connectivity index (χ3n) is 4.69. The Hall–Kier alpha value is -0.900. The molecule has 1 fully saturated rings. The minimum absolute atomic E-state index is 0. The van der Waals surface area contributed by atoms with Crippen LogP contribution in [0.15, 0.2) is 9.52 Å². The van der Waals surface area contributed by atoms with Crippen LogP contribution >= 0.6 is 24.0 Å². The van der Waals surface area contributed by atoms with Gasteiger partial charge in [-0.1, -0.05) is 39.8 Å². The first kappa shape index (κ1) is 24.1. The van der Waals surface area contributed by atoms with Crippen LogP contribution < -0.4 is 10.6 Å². The van der Waals surface area contributed by atoms with Gasteiger partial charge in [0.2, 0.25) is 5.89 Å². The van der Waals surface area contributed by atoms with Crippen molar-refractivity contribution in [3.63, 3.8) is 0 Å². The summed E-state index contributed by atoms with van der Waals surface area (Å²) in [5.41, 5.74) is 0.149. The van der Waals surface area contributed by atoms with E-state index in [-0.39, 0.29) is 41.4 Å². The molecule has 2 rings (SSSR count). The summed E-state index contributed by atoms with van der Waals surface area (Å²) >= 11 is 0. The first-order chi connectivity index (χ1) is 12.3. The minimum atomic E-state index is 0. The molecule has 1 aliphatic heterocycles. The van der Waals surface area contributed by atoms with Crippen LogP contribution in [0.4, 0.5) is 0 Å². The lowest BCUT2D eigenvalue weighted by molar-refractivity contribution is -0.0835. The molecule has 7 nitrogen and oxygen atoms in total. The van der Waals surface area contributed by atoms with Crippen LogP contribution in [0.25, 0.3) is 0 Å². The van der Waals surface area contributed by atoms with Gasteiger partial charge in [-0.2, -0.15) is 4.98 Å². The highest BCUT2D eigenvalue weighted by Crippen LogP contribution is 2.33. The van der Waals surface area contributed by atoms with Gasteiger partial charge in [-0.05, 0) is 18.3 Å². The number of aliphatic imine (C=N–C) groups is 1. The number of nitrogens with zero attached hydrogens (tertiary/aromatic N) is 3. The third kappa shape index (κ3) is 7.56. The van der Waals surface area contributed by atoms with Crippen LogP contribution in [0.3, 0.4) is 0 Å². The number of rotatable bonds is 6. The molecule has 1 aromatic heterocycles. The van der Waals surface area contributed by atoms with Crippen molar-refractivity contribution in [1.29, 1.82) is 0 Å². The van der Waals surface area contributed by atoms with Gasteiger partial charge >= 0.3 is 0 Å². The maximum Gasteiger partial charge on any atom is 0.228 e. The molecule has 0 saturated carbocycles. The van der Waals surface area contributed by atoms with E-state index >= 15 is 0 Å². The highest BCUT2D eigenvalue weighted by molar-refractivity contribution is 14.0. The summed E-state index contributed by atoms with van der Waals surface area (Å²) in [5, 5.41) is 10.8. The van der Waals surface area contributed by atoms with Crippen molar-refractivity contribution in [2.75, 3.05) is 26.7 Å². The van der Waals surface area contributed by atoms with Gasteiger partial charge in [-0.15, -0.1) is 24.0 Å². The Bertz CT molecular complexity index is 583. The van der Waals surface area contributed by atoms with Crippen molar-refractivity contribution in [1.82, 2.24) is 20.8 Å². The zero-order valence-electron chi connectivity index (χ0n) is 17.5. The first-order valence-electron chi connectivity index (χ1n) is 9.70. The second-order valence-corrected chi connectivity index (χ2v) is 8.39. The number of nitrogens with one attached hydrogen (secondary N) is 2. The predicted molar refractivity (Wildman–Crippen MR) is 119 cm³/mol. The molecule has 156 valence electrons. The molecule has 8 heteroatoms. The van der Waals surface area contributed by atoms with Gasteiger partial charge in [0.15, 0.2) is 11.8 Å². The number of ether oxygens (including phenoxy) is 1. The number of hydrogen-bond donors (Lipinski definition) is 2. The monoisotopic (exact) mass is 493 g/mol. The molecule has 0 radical (unpaired) electrons. The van der Waals surface area contributed by atoms with Crippen LogP contribution in [0.5, 0.6) is 0 Å². The van der Waals surface area contributed by atoms with Crippen LogP contribution in [0, 0.1) is 11.3 Å². The van der Waals surface area contributed by atoms with E-state index in [1.54, 1.807) is 7.05 Å². The van der Waals surface area contributed by atoms with Crippen molar-refractivity contribution in [3.8, 4) is 0 Å². The largest absolute Gasteiger partial charge is 0.377 e. The molecule has 0 spiro atoms. The second kappa shape index (κ2) is 11.2. The fraction of sp³-hybridized carbons (Fsp3) is 0.842. The van der Waals surface area contributed by atoms with E-state index in [9.17, 15) is 0 Å². The van der Waals surface area contributed by atoms with Gasteiger partial charge in [0.25, 0.3) is 0 Å². The molecule has 2 heterocycles. The summed E-state index contributed by atoms with van der Waals surface area (Å²) < 4.78 is 11.3. The molecule has 1 aliphatic rings. The summed E-state index contributed by atoms with van der Waals surface area (Å²) in [6.45, 7) is 13.3. The van der Waals surface area contributed by atoms with Crippen molar-refractivity contribution in [2.45, 2.75) is 65.9 Å². The number of aromatic nitrogens is 2. The number of hydrogen-bond acceptors (Lipinski definition) is 5. The van der Waals surface area contributed by atoms with Gasteiger partial charge < -0.3 is 19.9 Å². The zero-order chi connectivity index (χ0) is 19.2. The Morgan fingerprint density at radius 3 is 2.63 bits per heavy atom. The Balaban J connectivity index is 0.00000364. The molecular weight excluding hydrogens is 457 g/mol. The molecule has 1 saturated heterocycles. The predicted octanol–water partition coefficient (Wildman–Crippen LogP) is 3.36. The second-order valence-electron chi connectivity index (χ2n) is 8.39. The summed E-state index contributed by atoms with van der Waals surface area (Å²) in [4.78, 5) is 8.71. The van der Waals surface area contributed by atoms with Crippen molar-refractivity contribution in [3.05, 3.63) is 11.7 Å². The van der Waals surface area contributed by atoms with Crippen LogP contribution in [-0.4, -0.2) is 48.9 Å². The van der Waals surface area contributed by atoms with Crippen molar-refractivity contribution >= 4 is 29.9 Å². The molecule has 0 amide bonds. The van der Waals surface area contributed by atoms with Crippen LogP contribution in [0.2, 0.25) is 0 Å². The standard InChI is InChI=1S/C19H35N5O2.HI/c1-13(2)17-23-15(26-24-17)9-10-21-18(20-6)22-12-14-8-7-11-25-16(14)19(3,4)5;/h13-14,16H,7-12H2,1-6H3,(H2,20,21,22);1H. The van der Waals surface area contributed by atoms with Gasteiger partial charge in [0, 0.05) is 45.0 Å². The Morgan fingerprint density at radius 1 is 1.30 bits per heavy atom. The van der Waals surface area contributed by atoms with Gasteiger partial charge in [0.05, 0.1) is 6.10 Å². The highest BCUT2D eigenvalue weighted by atomic mass is 127. The molecule has 2 unspecified atom stereocenters. The lowest BCUT2D eigenvalue weighted by Gasteiger charge is -2.40. The third-order valence-corrected chi connectivity index (χ3v) is 4.69. The zero-order valence-corrected chi connectivity index (χ0v) is 19.9. The average molecular weight is 493 g/mol. The van der Waals surface area contributed by atoms with E-state index in [0.717, 1.165) is 31.4 Å². The molecule has 2 N–H and O–H groups in total. The van der Waals surface area contributed by atoms with Crippen LogP contribution in [-0.2, 0) is 11.2 Å². The van der Waals surface area contributed by atoms with Crippen molar-refractivity contribution < 1.29 is 9.26 Å². The smallest absolute Gasteiger partial charge is 0.228 e. The Kier molecular flexibility index (Phi) is 10.0. The molecule has 0 aliphatic carbocycles. The van der Waals surface area contributed by atoms with Gasteiger partial charge in [-0.25, -0.2) is 0 Å². The molecule has 0 aromatic carbocycles. The molecule has 2 atom stereocenters. The molecule has 27 heavy (non-hydrogen) atoms. The van der Waals surface area contributed by atoms with E-state index in [4.69, 9.17) is 9.26 Å². The SMILES string of the molecule is CN=C(NCCc1nc(C(C)C)no1)NCC1CCCOC1C(C)(C)C.I. The van der Waals surface area contributed by atoms with E-state index in [1.807, 2.05) is 0 Å². The summed E-state index contributed by atoms with van der Waals surface area (Å²) in [5.74, 6) is 2.99. The van der Waals surface area contributed by atoms with E-state index in [2.05, 4.69) is 60.4 Å².